The molecule has 1 aromatic rings. The van der Waals surface area contributed by atoms with Gasteiger partial charge in [0.15, 0.2) is 0 Å². The molecule has 1 saturated heterocycles. The quantitative estimate of drug-likeness (QED) is 0.891. The van der Waals surface area contributed by atoms with Crippen molar-refractivity contribution in [1.29, 1.82) is 0 Å². The molecule has 1 amide bonds. The molecule has 98 valence electrons. The van der Waals surface area contributed by atoms with Crippen LogP contribution in [0.5, 0.6) is 5.75 Å². The molecule has 1 N–H and O–H groups in total. The van der Waals surface area contributed by atoms with Crippen LogP contribution >= 0.6 is 0 Å². The van der Waals surface area contributed by atoms with Crippen molar-refractivity contribution in [1.82, 2.24) is 0 Å². The standard InChI is InChI=1S/C14H19NO3/c1-4-14(8-18-9-14)13(16)15-11-7-10(2)5-6-12(11)17-3/h5-7H,4,8-9H2,1-3H3,(H,15,16). The maximum Gasteiger partial charge on any atom is 0.235 e. The van der Waals surface area contributed by atoms with Crippen LogP contribution in [-0.2, 0) is 9.53 Å². The monoisotopic (exact) mass is 249 g/mol. The highest BCUT2D eigenvalue weighted by molar-refractivity contribution is 5.97. The van der Waals surface area contributed by atoms with E-state index in [9.17, 15) is 4.79 Å². The van der Waals surface area contributed by atoms with Crippen molar-refractivity contribution in [3.8, 4) is 5.75 Å². The van der Waals surface area contributed by atoms with E-state index >= 15 is 0 Å². The third-order valence-corrected chi connectivity index (χ3v) is 3.52. The van der Waals surface area contributed by atoms with Crippen LogP contribution in [-0.4, -0.2) is 26.2 Å². The number of aryl methyl sites for hydroxylation is 1. The van der Waals surface area contributed by atoms with Gasteiger partial charge >= 0.3 is 0 Å². The van der Waals surface area contributed by atoms with Crippen molar-refractivity contribution in [2.75, 3.05) is 25.6 Å². The Morgan fingerprint density at radius 3 is 2.72 bits per heavy atom. The molecule has 0 atom stereocenters. The second-order valence-corrected chi connectivity index (χ2v) is 4.78. The van der Waals surface area contributed by atoms with Gasteiger partial charge in [-0.3, -0.25) is 4.79 Å². The van der Waals surface area contributed by atoms with Crippen molar-refractivity contribution in [3.63, 3.8) is 0 Å². The minimum Gasteiger partial charge on any atom is -0.495 e. The Labute approximate surface area is 107 Å². The number of anilines is 1. The van der Waals surface area contributed by atoms with E-state index in [-0.39, 0.29) is 11.3 Å². The van der Waals surface area contributed by atoms with E-state index in [0.717, 1.165) is 17.7 Å². The lowest BCUT2D eigenvalue weighted by Gasteiger charge is -2.39. The van der Waals surface area contributed by atoms with Crippen molar-refractivity contribution in [2.24, 2.45) is 5.41 Å². The van der Waals surface area contributed by atoms with Crippen LogP contribution < -0.4 is 10.1 Å². The van der Waals surface area contributed by atoms with Crippen LogP contribution in [0, 0.1) is 12.3 Å². The Bertz CT molecular complexity index is 447. The fraction of sp³-hybridized carbons (Fsp3) is 0.500. The Balaban J connectivity index is 2.18. The SMILES string of the molecule is CCC1(C(=O)Nc2cc(C)ccc2OC)COC1. The first kappa shape index (κ1) is 12.9. The first-order valence-electron chi connectivity index (χ1n) is 6.15. The molecule has 0 aromatic heterocycles. The normalized spacial score (nSPS) is 16.8. The largest absolute Gasteiger partial charge is 0.495 e. The number of benzene rings is 1. The lowest BCUT2D eigenvalue weighted by atomic mass is 9.82. The summed E-state index contributed by atoms with van der Waals surface area (Å²) in [6.45, 7) is 5.00. The summed E-state index contributed by atoms with van der Waals surface area (Å²) < 4.78 is 10.4. The summed E-state index contributed by atoms with van der Waals surface area (Å²) in [5, 5.41) is 2.95. The van der Waals surface area contributed by atoms with E-state index in [1.54, 1.807) is 7.11 Å². The van der Waals surface area contributed by atoms with Gasteiger partial charge in [-0.2, -0.15) is 0 Å². The van der Waals surface area contributed by atoms with Crippen molar-refractivity contribution in [3.05, 3.63) is 23.8 Å². The lowest BCUT2D eigenvalue weighted by molar-refractivity contribution is -0.156. The summed E-state index contributed by atoms with van der Waals surface area (Å²) >= 11 is 0. The van der Waals surface area contributed by atoms with Crippen LogP contribution in [0.3, 0.4) is 0 Å². The number of amides is 1. The number of carbonyl (C=O) groups excluding carboxylic acids is 1. The molecule has 0 aliphatic carbocycles. The summed E-state index contributed by atoms with van der Waals surface area (Å²) in [5.74, 6) is 0.695. The van der Waals surface area contributed by atoms with E-state index in [1.165, 1.54) is 0 Å². The van der Waals surface area contributed by atoms with Gasteiger partial charge < -0.3 is 14.8 Å². The number of nitrogens with one attached hydrogen (secondary N) is 1. The fourth-order valence-electron chi connectivity index (χ4n) is 2.02. The summed E-state index contributed by atoms with van der Waals surface area (Å²) in [6.07, 6.45) is 0.785. The molecule has 0 saturated carbocycles. The van der Waals surface area contributed by atoms with E-state index < -0.39 is 0 Å². The predicted octanol–water partition coefficient (Wildman–Crippen LogP) is 2.37. The topological polar surface area (TPSA) is 47.6 Å². The second kappa shape index (κ2) is 4.98. The van der Waals surface area contributed by atoms with E-state index in [0.29, 0.717) is 19.0 Å². The third-order valence-electron chi connectivity index (χ3n) is 3.52. The van der Waals surface area contributed by atoms with Crippen molar-refractivity contribution in [2.45, 2.75) is 20.3 Å². The van der Waals surface area contributed by atoms with E-state index in [4.69, 9.17) is 9.47 Å². The zero-order chi connectivity index (χ0) is 13.2. The maximum atomic E-state index is 12.3. The number of hydrogen-bond donors (Lipinski definition) is 1. The molecule has 0 bridgehead atoms. The van der Waals surface area contributed by atoms with Gasteiger partial charge in [0.1, 0.15) is 5.75 Å². The van der Waals surface area contributed by atoms with Gasteiger partial charge in [-0.05, 0) is 31.0 Å². The Hall–Kier alpha value is -1.55. The predicted molar refractivity (Wildman–Crippen MR) is 69.9 cm³/mol. The summed E-state index contributed by atoms with van der Waals surface area (Å²) in [5.41, 5.74) is 1.44. The molecule has 2 rings (SSSR count). The number of carbonyl (C=O) groups is 1. The van der Waals surface area contributed by atoms with Crippen molar-refractivity contribution < 1.29 is 14.3 Å². The molecule has 1 aliphatic heterocycles. The molecule has 0 radical (unpaired) electrons. The summed E-state index contributed by atoms with van der Waals surface area (Å²) in [7, 11) is 1.60. The number of ether oxygens (including phenoxy) is 2. The van der Waals surface area contributed by atoms with Crippen LogP contribution in [0.4, 0.5) is 5.69 Å². The molecule has 0 spiro atoms. The van der Waals surface area contributed by atoms with Crippen LogP contribution in [0.15, 0.2) is 18.2 Å². The Morgan fingerprint density at radius 1 is 1.50 bits per heavy atom. The molecular formula is C14H19NO3. The molecule has 1 aromatic carbocycles. The minimum atomic E-state index is -0.366. The second-order valence-electron chi connectivity index (χ2n) is 4.78. The molecular weight excluding hydrogens is 230 g/mol. The van der Waals surface area contributed by atoms with Gasteiger partial charge in [-0.15, -0.1) is 0 Å². The molecule has 4 heteroatoms. The number of methoxy groups -OCH3 is 1. The fourth-order valence-corrected chi connectivity index (χ4v) is 2.02. The Kier molecular flexibility index (Phi) is 3.57. The zero-order valence-corrected chi connectivity index (χ0v) is 11.1. The third kappa shape index (κ3) is 2.20. The van der Waals surface area contributed by atoms with Crippen molar-refractivity contribution >= 4 is 11.6 Å². The Morgan fingerprint density at radius 2 is 2.22 bits per heavy atom. The number of rotatable bonds is 4. The minimum absolute atomic E-state index is 0.0140. The van der Waals surface area contributed by atoms with Crippen LogP contribution in [0.2, 0.25) is 0 Å². The van der Waals surface area contributed by atoms with Gasteiger partial charge in [0.25, 0.3) is 0 Å². The van der Waals surface area contributed by atoms with Gasteiger partial charge in [-0.25, -0.2) is 0 Å². The average Bonchev–Trinajstić information content (AvgIpc) is 2.28. The van der Waals surface area contributed by atoms with Gasteiger partial charge in [-0.1, -0.05) is 13.0 Å². The highest BCUT2D eigenvalue weighted by Gasteiger charge is 2.44. The summed E-state index contributed by atoms with van der Waals surface area (Å²) in [6, 6.07) is 5.73. The molecule has 4 nitrogen and oxygen atoms in total. The van der Waals surface area contributed by atoms with Crippen LogP contribution in [0.25, 0.3) is 0 Å². The molecule has 18 heavy (non-hydrogen) atoms. The zero-order valence-electron chi connectivity index (χ0n) is 11.1. The highest BCUT2D eigenvalue weighted by Crippen LogP contribution is 2.34. The van der Waals surface area contributed by atoms with Gasteiger partial charge in [0.2, 0.25) is 5.91 Å². The maximum absolute atomic E-state index is 12.3. The first-order valence-corrected chi connectivity index (χ1v) is 6.15. The molecule has 1 heterocycles. The first-order chi connectivity index (χ1) is 8.61. The van der Waals surface area contributed by atoms with Crippen LogP contribution in [0.1, 0.15) is 18.9 Å². The average molecular weight is 249 g/mol. The van der Waals surface area contributed by atoms with Gasteiger partial charge in [0.05, 0.1) is 31.4 Å². The van der Waals surface area contributed by atoms with E-state index in [1.807, 2.05) is 32.0 Å². The molecule has 0 unspecified atom stereocenters. The smallest absolute Gasteiger partial charge is 0.235 e. The highest BCUT2D eigenvalue weighted by atomic mass is 16.5. The van der Waals surface area contributed by atoms with Gasteiger partial charge in [0, 0.05) is 0 Å². The molecule has 1 fully saturated rings. The summed E-state index contributed by atoms with van der Waals surface area (Å²) in [4.78, 5) is 12.3. The number of hydrogen-bond acceptors (Lipinski definition) is 3. The lowest BCUT2D eigenvalue weighted by Crippen LogP contribution is -2.51. The van der Waals surface area contributed by atoms with E-state index in [2.05, 4.69) is 5.32 Å². The molecule has 1 aliphatic rings.